The molecule has 2 amide bonds. The summed E-state index contributed by atoms with van der Waals surface area (Å²) >= 11 is 0. The van der Waals surface area contributed by atoms with E-state index >= 15 is 0 Å². The maximum Gasteiger partial charge on any atom is 0.308 e. The van der Waals surface area contributed by atoms with Crippen LogP contribution in [0.15, 0.2) is 36.4 Å². The lowest BCUT2D eigenvalue weighted by Crippen LogP contribution is -2.41. The molecule has 2 aromatic carbocycles. The van der Waals surface area contributed by atoms with Crippen molar-refractivity contribution in [2.24, 2.45) is 11.8 Å². The summed E-state index contributed by atoms with van der Waals surface area (Å²) in [6.45, 7) is 3.72. The Hall–Kier alpha value is -3.29. The number of hydrogen-bond acceptors (Lipinski definition) is 3. The average molecular weight is 444 g/mol. The van der Waals surface area contributed by atoms with E-state index in [1.807, 2.05) is 0 Å². The first-order chi connectivity index (χ1) is 15.2. The zero-order valence-corrected chi connectivity index (χ0v) is 18.0. The Balaban J connectivity index is 1.71. The fourth-order valence-corrected chi connectivity index (χ4v) is 3.85. The number of aryl methyl sites for hydroxylation is 1. The Bertz CT molecular complexity index is 1040. The van der Waals surface area contributed by atoms with Gasteiger partial charge in [0.1, 0.15) is 11.6 Å². The maximum atomic E-state index is 14.1. The molecule has 2 atom stereocenters. The number of carbonyl (C=O) groups excluding carboxylic acids is 2. The van der Waals surface area contributed by atoms with E-state index in [0.29, 0.717) is 42.6 Å². The van der Waals surface area contributed by atoms with Gasteiger partial charge in [-0.25, -0.2) is 8.78 Å². The van der Waals surface area contributed by atoms with Gasteiger partial charge in [-0.1, -0.05) is 13.0 Å². The summed E-state index contributed by atoms with van der Waals surface area (Å²) in [5, 5.41) is 11.5. The third-order valence-corrected chi connectivity index (χ3v) is 5.77. The number of aliphatic carboxylic acids is 1. The first-order valence-electron chi connectivity index (χ1n) is 10.5. The van der Waals surface area contributed by atoms with Crippen LogP contribution in [0.3, 0.4) is 0 Å². The second-order valence-electron chi connectivity index (χ2n) is 8.30. The van der Waals surface area contributed by atoms with Gasteiger partial charge < -0.3 is 15.3 Å². The van der Waals surface area contributed by atoms with Crippen LogP contribution in [0.25, 0.3) is 0 Å². The number of nitrogens with one attached hydrogen (secondary N) is 1. The second kappa shape index (κ2) is 9.89. The van der Waals surface area contributed by atoms with Crippen molar-refractivity contribution >= 4 is 23.5 Å². The van der Waals surface area contributed by atoms with Crippen LogP contribution in [0.1, 0.15) is 41.3 Å². The summed E-state index contributed by atoms with van der Waals surface area (Å²) in [7, 11) is 0. The molecule has 1 saturated heterocycles. The van der Waals surface area contributed by atoms with Crippen molar-refractivity contribution in [2.75, 3.05) is 18.0 Å². The molecular formula is C24H26F2N2O4. The van der Waals surface area contributed by atoms with Crippen LogP contribution < -0.4 is 10.2 Å². The molecular weight excluding hydrogens is 418 g/mol. The highest BCUT2D eigenvalue weighted by Crippen LogP contribution is 2.30. The van der Waals surface area contributed by atoms with Crippen LogP contribution >= 0.6 is 0 Å². The number of halogens is 2. The lowest BCUT2D eigenvalue weighted by molar-refractivity contribution is -0.140. The molecule has 1 fully saturated rings. The highest BCUT2D eigenvalue weighted by atomic mass is 19.1. The first-order valence-corrected chi connectivity index (χ1v) is 10.5. The smallest absolute Gasteiger partial charge is 0.308 e. The van der Waals surface area contributed by atoms with E-state index in [1.54, 1.807) is 30.0 Å². The fourth-order valence-electron chi connectivity index (χ4n) is 3.85. The SMILES string of the molecule is Cc1cc(C(=O)NCC(C)C(=O)O)ccc1N1CC(Cc2ccc(F)cc2F)CCC1=O. The summed E-state index contributed by atoms with van der Waals surface area (Å²) in [4.78, 5) is 37.5. The highest BCUT2D eigenvalue weighted by molar-refractivity contribution is 5.98. The van der Waals surface area contributed by atoms with Crippen LogP contribution in [0.5, 0.6) is 0 Å². The van der Waals surface area contributed by atoms with E-state index in [2.05, 4.69) is 5.32 Å². The molecule has 2 aromatic rings. The highest BCUT2D eigenvalue weighted by Gasteiger charge is 2.28. The summed E-state index contributed by atoms with van der Waals surface area (Å²) in [6.07, 6.45) is 1.34. The molecule has 6 nitrogen and oxygen atoms in total. The zero-order chi connectivity index (χ0) is 23.4. The number of rotatable bonds is 7. The average Bonchev–Trinajstić information content (AvgIpc) is 2.75. The normalized spacial score (nSPS) is 17.2. The van der Waals surface area contributed by atoms with E-state index in [0.717, 1.165) is 11.6 Å². The van der Waals surface area contributed by atoms with Crippen molar-refractivity contribution in [3.05, 3.63) is 64.7 Å². The number of carbonyl (C=O) groups is 3. The molecule has 2 N–H and O–H groups in total. The molecule has 0 aliphatic carbocycles. The summed E-state index contributed by atoms with van der Waals surface area (Å²) < 4.78 is 27.2. The van der Waals surface area contributed by atoms with E-state index in [4.69, 9.17) is 5.11 Å². The van der Waals surface area contributed by atoms with Crippen LogP contribution in [-0.4, -0.2) is 36.0 Å². The quantitative estimate of drug-likeness (QED) is 0.682. The topological polar surface area (TPSA) is 86.7 Å². The third kappa shape index (κ3) is 5.49. The van der Waals surface area contributed by atoms with Crippen molar-refractivity contribution in [1.82, 2.24) is 5.32 Å². The largest absolute Gasteiger partial charge is 0.481 e. The third-order valence-electron chi connectivity index (χ3n) is 5.77. The van der Waals surface area contributed by atoms with Crippen molar-refractivity contribution in [2.45, 2.75) is 33.1 Å². The monoisotopic (exact) mass is 444 g/mol. The van der Waals surface area contributed by atoms with Gasteiger partial charge in [0.2, 0.25) is 5.91 Å². The van der Waals surface area contributed by atoms with Gasteiger partial charge >= 0.3 is 5.97 Å². The predicted octanol–water partition coefficient (Wildman–Crippen LogP) is 3.71. The lowest BCUT2D eigenvalue weighted by atomic mass is 9.90. The molecule has 0 saturated carbocycles. The Morgan fingerprint density at radius 3 is 2.62 bits per heavy atom. The number of benzene rings is 2. The molecule has 0 radical (unpaired) electrons. The van der Waals surface area contributed by atoms with Crippen molar-refractivity contribution in [3.8, 4) is 0 Å². The van der Waals surface area contributed by atoms with Crippen LogP contribution in [0.2, 0.25) is 0 Å². The molecule has 32 heavy (non-hydrogen) atoms. The Morgan fingerprint density at radius 1 is 1.22 bits per heavy atom. The van der Waals surface area contributed by atoms with Gasteiger partial charge in [0.15, 0.2) is 0 Å². The van der Waals surface area contributed by atoms with Crippen LogP contribution in [0.4, 0.5) is 14.5 Å². The lowest BCUT2D eigenvalue weighted by Gasteiger charge is -2.34. The minimum absolute atomic E-state index is 0.0151. The molecule has 0 bridgehead atoms. The van der Waals surface area contributed by atoms with Crippen molar-refractivity contribution < 1.29 is 28.3 Å². The number of hydrogen-bond donors (Lipinski definition) is 2. The summed E-state index contributed by atoms with van der Waals surface area (Å²) in [5.74, 6) is -3.31. The minimum atomic E-state index is -0.990. The molecule has 1 aliphatic heterocycles. The number of piperidine rings is 1. The first kappa shape index (κ1) is 23.4. The second-order valence-corrected chi connectivity index (χ2v) is 8.30. The number of carboxylic acid groups (broad SMARTS) is 1. The molecule has 170 valence electrons. The van der Waals surface area contributed by atoms with Crippen molar-refractivity contribution in [1.29, 1.82) is 0 Å². The number of anilines is 1. The van der Waals surface area contributed by atoms with E-state index in [-0.39, 0.29) is 24.3 Å². The fraction of sp³-hybridized carbons (Fsp3) is 0.375. The van der Waals surface area contributed by atoms with E-state index < -0.39 is 23.5 Å². The molecule has 0 spiro atoms. The van der Waals surface area contributed by atoms with Gasteiger partial charge in [0, 0.05) is 36.8 Å². The molecule has 1 aliphatic rings. The standard InChI is InChI=1S/C24H26F2N2O4/c1-14-9-18(23(30)27-12-15(2)24(31)32)5-7-21(14)28-13-16(3-8-22(28)29)10-17-4-6-19(25)11-20(17)26/h4-7,9,11,15-16H,3,8,10,12-13H2,1-2H3,(H,27,30)(H,31,32). The molecule has 1 heterocycles. The van der Waals surface area contributed by atoms with Gasteiger partial charge in [0.25, 0.3) is 5.91 Å². The predicted molar refractivity (Wildman–Crippen MR) is 115 cm³/mol. The van der Waals surface area contributed by atoms with Gasteiger partial charge in [-0.05, 0) is 61.1 Å². The molecule has 2 unspecified atom stereocenters. The minimum Gasteiger partial charge on any atom is -0.481 e. The van der Waals surface area contributed by atoms with Gasteiger partial charge in [-0.2, -0.15) is 0 Å². The zero-order valence-electron chi connectivity index (χ0n) is 18.0. The van der Waals surface area contributed by atoms with Gasteiger partial charge in [0.05, 0.1) is 5.92 Å². The Labute approximate surface area is 185 Å². The van der Waals surface area contributed by atoms with E-state index in [1.165, 1.54) is 19.1 Å². The van der Waals surface area contributed by atoms with Gasteiger partial charge in [-0.15, -0.1) is 0 Å². The van der Waals surface area contributed by atoms with Crippen LogP contribution in [-0.2, 0) is 16.0 Å². The van der Waals surface area contributed by atoms with Crippen molar-refractivity contribution in [3.63, 3.8) is 0 Å². The Morgan fingerprint density at radius 2 is 1.97 bits per heavy atom. The Kier molecular flexibility index (Phi) is 7.22. The number of amides is 2. The van der Waals surface area contributed by atoms with Crippen LogP contribution in [0, 0.1) is 30.4 Å². The summed E-state index contributed by atoms with van der Waals surface area (Å²) in [6, 6.07) is 8.49. The van der Waals surface area contributed by atoms with Gasteiger partial charge in [-0.3, -0.25) is 14.4 Å². The number of nitrogens with zero attached hydrogens (tertiary/aromatic N) is 1. The molecule has 3 rings (SSSR count). The maximum absolute atomic E-state index is 14.1. The van der Waals surface area contributed by atoms with E-state index in [9.17, 15) is 23.2 Å². The summed E-state index contributed by atoms with van der Waals surface area (Å²) in [5.41, 5.74) is 2.20. The number of carboxylic acids is 1. The molecule has 0 aromatic heterocycles. The molecule has 8 heteroatoms.